The van der Waals surface area contributed by atoms with Crippen LogP contribution in [0.1, 0.15) is 29.0 Å². The van der Waals surface area contributed by atoms with Crippen molar-refractivity contribution in [2.24, 2.45) is 0 Å². The molecule has 0 radical (unpaired) electrons. The number of rotatable bonds is 8. The van der Waals surface area contributed by atoms with E-state index in [1.807, 2.05) is 48.5 Å². The van der Waals surface area contributed by atoms with Gasteiger partial charge in [0.15, 0.2) is 0 Å². The maximum atomic E-state index is 12.9. The number of hydrogen-bond acceptors (Lipinski definition) is 4. The number of nitrogens with zero attached hydrogens (tertiary/aromatic N) is 2. The van der Waals surface area contributed by atoms with Crippen molar-refractivity contribution in [3.05, 3.63) is 102 Å². The maximum Gasteiger partial charge on any atom is 0.237 e. The lowest BCUT2D eigenvalue weighted by atomic mass is 9.91. The first-order valence-electron chi connectivity index (χ1n) is 11.0. The predicted octanol–water partition coefficient (Wildman–Crippen LogP) is 2.72. The number of carbonyl (C=O) groups is 2. The van der Waals surface area contributed by atoms with Gasteiger partial charge in [0.1, 0.15) is 0 Å². The summed E-state index contributed by atoms with van der Waals surface area (Å²) in [5.41, 5.74) is 3.32. The Kier molecular flexibility index (Phi) is 7.25. The number of benzene rings is 2. The molecule has 4 rings (SSSR count). The summed E-state index contributed by atoms with van der Waals surface area (Å²) >= 11 is 0. The fraction of sp³-hybridized carbons (Fsp3) is 0.269. The summed E-state index contributed by atoms with van der Waals surface area (Å²) in [6, 6.07) is 23.7. The molecule has 0 bridgehead atoms. The van der Waals surface area contributed by atoms with E-state index in [-0.39, 0.29) is 24.2 Å². The molecule has 2 aromatic carbocycles. The SMILES string of the molecule is O=C(CC1C(=O)NCCN1Cc1cccnc1)NCC(c1ccccc1)c1ccccc1. The molecule has 1 aliphatic heterocycles. The van der Waals surface area contributed by atoms with E-state index in [0.29, 0.717) is 26.2 Å². The van der Waals surface area contributed by atoms with E-state index >= 15 is 0 Å². The van der Waals surface area contributed by atoms with Crippen molar-refractivity contribution in [3.63, 3.8) is 0 Å². The molecule has 32 heavy (non-hydrogen) atoms. The Balaban J connectivity index is 1.42. The van der Waals surface area contributed by atoms with E-state index in [2.05, 4.69) is 44.8 Å². The van der Waals surface area contributed by atoms with Gasteiger partial charge in [0.2, 0.25) is 11.8 Å². The van der Waals surface area contributed by atoms with Crippen molar-refractivity contribution in [3.8, 4) is 0 Å². The number of nitrogens with one attached hydrogen (secondary N) is 2. The van der Waals surface area contributed by atoms with E-state index < -0.39 is 6.04 Å². The number of aromatic nitrogens is 1. The molecule has 1 unspecified atom stereocenters. The van der Waals surface area contributed by atoms with Gasteiger partial charge in [0.05, 0.1) is 12.5 Å². The van der Waals surface area contributed by atoms with E-state index in [1.54, 1.807) is 12.4 Å². The molecule has 1 fully saturated rings. The average Bonchev–Trinajstić information content (AvgIpc) is 2.83. The second-order valence-electron chi connectivity index (χ2n) is 8.02. The fourth-order valence-corrected chi connectivity index (χ4v) is 4.16. The van der Waals surface area contributed by atoms with Gasteiger partial charge in [-0.25, -0.2) is 0 Å². The molecule has 3 aromatic rings. The minimum absolute atomic E-state index is 0.0491. The summed E-state index contributed by atoms with van der Waals surface area (Å²) < 4.78 is 0. The summed E-state index contributed by atoms with van der Waals surface area (Å²) in [4.78, 5) is 31.7. The highest BCUT2D eigenvalue weighted by atomic mass is 16.2. The van der Waals surface area contributed by atoms with Crippen LogP contribution in [0.25, 0.3) is 0 Å². The minimum atomic E-state index is -0.490. The summed E-state index contributed by atoms with van der Waals surface area (Å²) in [7, 11) is 0. The van der Waals surface area contributed by atoms with Crippen molar-refractivity contribution >= 4 is 11.8 Å². The van der Waals surface area contributed by atoms with Crippen LogP contribution in [-0.2, 0) is 16.1 Å². The van der Waals surface area contributed by atoms with Gasteiger partial charge in [-0.05, 0) is 22.8 Å². The Morgan fingerprint density at radius 3 is 2.34 bits per heavy atom. The molecule has 1 saturated heterocycles. The van der Waals surface area contributed by atoms with Crippen LogP contribution >= 0.6 is 0 Å². The monoisotopic (exact) mass is 428 g/mol. The van der Waals surface area contributed by atoms with Crippen LogP contribution < -0.4 is 10.6 Å². The Labute approximate surface area is 188 Å². The zero-order valence-electron chi connectivity index (χ0n) is 18.0. The van der Waals surface area contributed by atoms with Crippen molar-refractivity contribution in [1.29, 1.82) is 0 Å². The number of carbonyl (C=O) groups excluding carboxylic acids is 2. The van der Waals surface area contributed by atoms with E-state index in [9.17, 15) is 9.59 Å². The smallest absolute Gasteiger partial charge is 0.237 e. The Bertz CT molecular complexity index is 972. The van der Waals surface area contributed by atoms with Crippen LogP contribution in [0, 0.1) is 0 Å². The van der Waals surface area contributed by atoms with Crippen molar-refractivity contribution in [2.75, 3.05) is 19.6 Å². The van der Waals surface area contributed by atoms with Crippen LogP contribution in [0.15, 0.2) is 85.2 Å². The van der Waals surface area contributed by atoms with E-state index in [0.717, 1.165) is 16.7 Å². The highest BCUT2D eigenvalue weighted by Crippen LogP contribution is 2.24. The van der Waals surface area contributed by atoms with Crippen LogP contribution in [0.4, 0.5) is 0 Å². The molecule has 1 atom stereocenters. The Hall–Kier alpha value is -3.51. The topological polar surface area (TPSA) is 74.3 Å². The first-order valence-corrected chi connectivity index (χ1v) is 11.0. The molecule has 2 N–H and O–H groups in total. The second-order valence-corrected chi connectivity index (χ2v) is 8.02. The molecule has 1 aromatic heterocycles. The highest BCUT2D eigenvalue weighted by molar-refractivity contribution is 5.88. The third-order valence-corrected chi connectivity index (χ3v) is 5.84. The first-order chi connectivity index (χ1) is 15.7. The number of piperazine rings is 1. The molecule has 164 valence electrons. The standard InChI is InChI=1S/C26H28N4O2/c31-25(16-24-26(32)28-14-15-30(24)19-20-8-7-13-27-17-20)29-18-23(21-9-3-1-4-10-21)22-11-5-2-6-12-22/h1-13,17,23-24H,14-16,18-19H2,(H,28,32)(H,29,31). The molecule has 0 spiro atoms. The van der Waals surface area contributed by atoms with Gasteiger partial charge in [-0.1, -0.05) is 66.7 Å². The van der Waals surface area contributed by atoms with Crippen LogP contribution in [0.2, 0.25) is 0 Å². The van der Waals surface area contributed by atoms with Crippen molar-refractivity contribution in [1.82, 2.24) is 20.5 Å². The largest absolute Gasteiger partial charge is 0.355 e. The summed E-state index contributed by atoms with van der Waals surface area (Å²) in [5.74, 6) is -0.175. The number of amides is 2. The molecule has 0 saturated carbocycles. The van der Waals surface area contributed by atoms with Gasteiger partial charge >= 0.3 is 0 Å². The highest BCUT2D eigenvalue weighted by Gasteiger charge is 2.31. The third-order valence-electron chi connectivity index (χ3n) is 5.84. The van der Waals surface area contributed by atoms with E-state index in [4.69, 9.17) is 0 Å². The van der Waals surface area contributed by atoms with Crippen LogP contribution in [0.3, 0.4) is 0 Å². The minimum Gasteiger partial charge on any atom is -0.355 e. The van der Waals surface area contributed by atoms with Gasteiger partial charge in [-0.15, -0.1) is 0 Å². The molecule has 6 nitrogen and oxygen atoms in total. The molecule has 1 aliphatic rings. The van der Waals surface area contributed by atoms with Gasteiger partial charge in [-0.2, -0.15) is 0 Å². The Morgan fingerprint density at radius 1 is 1.03 bits per heavy atom. The quantitative estimate of drug-likeness (QED) is 0.579. The molecular formula is C26H28N4O2. The molecule has 6 heteroatoms. The molecule has 0 aliphatic carbocycles. The molecule has 2 amide bonds. The second kappa shape index (κ2) is 10.7. The van der Waals surface area contributed by atoms with Crippen LogP contribution in [0.5, 0.6) is 0 Å². The van der Waals surface area contributed by atoms with Gasteiger partial charge in [0, 0.05) is 44.5 Å². The van der Waals surface area contributed by atoms with Crippen molar-refractivity contribution < 1.29 is 9.59 Å². The lowest BCUT2D eigenvalue weighted by Gasteiger charge is -2.34. The van der Waals surface area contributed by atoms with Gasteiger partial charge < -0.3 is 10.6 Å². The first kappa shape index (κ1) is 21.7. The summed E-state index contributed by atoms with van der Waals surface area (Å²) in [6.07, 6.45) is 3.66. The average molecular weight is 429 g/mol. The fourth-order valence-electron chi connectivity index (χ4n) is 4.16. The number of hydrogen-bond donors (Lipinski definition) is 2. The lowest BCUT2D eigenvalue weighted by Crippen LogP contribution is -2.56. The zero-order valence-corrected chi connectivity index (χ0v) is 18.0. The normalized spacial score (nSPS) is 16.5. The third kappa shape index (κ3) is 5.59. The zero-order chi connectivity index (χ0) is 22.2. The number of pyridine rings is 1. The van der Waals surface area contributed by atoms with Crippen molar-refractivity contribution in [2.45, 2.75) is 24.9 Å². The summed E-state index contributed by atoms with van der Waals surface area (Å²) in [5, 5.41) is 5.97. The van der Waals surface area contributed by atoms with E-state index in [1.165, 1.54) is 0 Å². The predicted molar refractivity (Wildman–Crippen MR) is 124 cm³/mol. The molecular weight excluding hydrogens is 400 g/mol. The van der Waals surface area contributed by atoms with Gasteiger partial charge in [0.25, 0.3) is 0 Å². The van der Waals surface area contributed by atoms with Gasteiger partial charge in [-0.3, -0.25) is 19.5 Å². The Morgan fingerprint density at radius 2 is 1.72 bits per heavy atom. The molecule has 2 heterocycles. The maximum absolute atomic E-state index is 12.9. The van der Waals surface area contributed by atoms with Crippen LogP contribution in [-0.4, -0.2) is 47.4 Å². The summed E-state index contributed by atoms with van der Waals surface area (Å²) in [6.45, 7) is 2.36. The lowest BCUT2D eigenvalue weighted by molar-refractivity contribution is -0.134.